The second kappa shape index (κ2) is 9.97. The van der Waals surface area contributed by atoms with Crippen LogP contribution in [0.15, 0.2) is 72.9 Å². The van der Waals surface area contributed by atoms with Crippen LogP contribution >= 0.6 is 0 Å². The first-order valence-corrected chi connectivity index (χ1v) is 12.1. The SMILES string of the molecule is CN(C)c1ccc(NC(=O)N2CCC[C@@H](c3nc(-c4ccccc4C(F)F)c4ccccn34)C2)cc1. The van der Waals surface area contributed by atoms with Crippen LogP contribution in [0.2, 0.25) is 0 Å². The standard InChI is InChI=1S/C28H29F2N5O/c1-33(2)21-14-12-20(13-15-21)31-28(36)34-16-7-8-19(18-34)27-32-25(24-11-5-6-17-35(24)27)22-9-3-4-10-23(22)26(29)30/h3-6,9-15,17,19,26H,7-8,16,18H2,1-2H3,(H,31,36)/t19-/m1/s1. The lowest BCUT2D eigenvalue weighted by molar-refractivity contribution is 0.152. The number of anilines is 2. The Morgan fingerprint density at radius 2 is 1.81 bits per heavy atom. The van der Waals surface area contributed by atoms with Gasteiger partial charge >= 0.3 is 6.03 Å². The van der Waals surface area contributed by atoms with Gasteiger partial charge in [-0.1, -0.05) is 30.3 Å². The monoisotopic (exact) mass is 489 g/mol. The lowest BCUT2D eigenvalue weighted by atomic mass is 9.97. The molecule has 2 aromatic heterocycles. The number of urea groups is 1. The van der Waals surface area contributed by atoms with Crippen molar-refractivity contribution >= 4 is 22.9 Å². The van der Waals surface area contributed by atoms with Gasteiger partial charge in [-0.3, -0.25) is 0 Å². The van der Waals surface area contributed by atoms with E-state index in [4.69, 9.17) is 4.98 Å². The Morgan fingerprint density at radius 1 is 1.06 bits per heavy atom. The number of likely N-dealkylation sites (tertiary alicyclic amines) is 1. The molecular weight excluding hydrogens is 460 g/mol. The molecule has 8 heteroatoms. The minimum absolute atomic E-state index is 0.0111. The number of imidazole rings is 1. The highest BCUT2D eigenvalue weighted by atomic mass is 19.3. The van der Waals surface area contributed by atoms with E-state index in [9.17, 15) is 13.6 Å². The second-order valence-electron chi connectivity index (χ2n) is 9.32. The number of benzene rings is 2. The first-order valence-electron chi connectivity index (χ1n) is 12.1. The van der Waals surface area contributed by atoms with E-state index in [0.717, 1.165) is 35.6 Å². The Bertz CT molecular complexity index is 1370. The van der Waals surface area contributed by atoms with Gasteiger partial charge in [-0.05, 0) is 49.2 Å². The molecule has 5 rings (SSSR count). The first kappa shape index (κ1) is 23.8. The molecule has 0 bridgehead atoms. The van der Waals surface area contributed by atoms with Crippen LogP contribution in [0.4, 0.5) is 25.0 Å². The summed E-state index contributed by atoms with van der Waals surface area (Å²) in [5, 5.41) is 3.00. The van der Waals surface area contributed by atoms with Gasteiger partial charge in [0.2, 0.25) is 0 Å². The number of hydrogen-bond acceptors (Lipinski definition) is 3. The number of carbonyl (C=O) groups is 1. The summed E-state index contributed by atoms with van der Waals surface area (Å²) in [5.74, 6) is 0.778. The lowest BCUT2D eigenvalue weighted by Gasteiger charge is -2.32. The molecule has 0 aliphatic carbocycles. The number of piperidine rings is 1. The number of pyridine rings is 1. The van der Waals surface area contributed by atoms with Gasteiger partial charge in [-0.2, -0.15) is 0 Å². The van der Waals surface area contributed by atoms with Gasteiger partial charge in [-0.15, -0.1) is 0 Å². The molecule has 1 fully saturated rings. The number of amides is 2. The third-order valence-corrected chi connectivity index (χ3v) is 6.74. The summed E-state index contributed by atoms with van der Waals surface area (Å²) in [5.41, 5.74) is 3.53. The molecule has 36 heavy (non-hydrogen) atoms. The van der Waals surface area contributed by atoms with E-state index in [1.165, 1.54) is 6.07 Å². The van der Waals surface area contributed by atoms with Gasteiger partial charge < -0.3 is 19.5 Å². The number of hydrogen-bond donors (Lipinski definition) is 1. The van der Waals surface area contributed by atoms with Crippen LogP contribution in [-0.2, 0) is 0 Å². The van der Waals surface area contributed by atoms with Gasteiger partial charge in [-0.25, -0.2) is 18.6 Å². The molecule has 2 aromatic carbocycles. The predicted molar refractivity (Wildman–Crippen MR) is 139 cm³/mol. The number of aromatic nitrogens is 2. The minimum atomic E-state index is -2.59. The molecule has 1 aliphatic rings. The van der Waals surface area contributed by atoms with Gasteiger partial charge in [0.15, 0.2) is 0 Å². The Labute approximate surface area is 209 Å². The van der Waals surface area contributed by atoms with Gasteiger partial charge in [0.25, 0.3) is 6.43 Å². The fourth-order valence-electron chi connectivity index (χ4n) is 4.87. The third kappa shape index (κ3) is 4.63. The Balaban J connectivity index is 1.41. The molecule has 4 aromatic rings. The summed E-state index contributed by atoms with van der Waals surface area (Å²) in [4.78, 5) is 21.8. The van der Waals surface area contributed by atoms with Crippen molar-refractivity contribution in [3.05, 3.63) is 84.3 Å². The van der Waals surface area contributed by atoms with Crippen LogP contribution in [0, 0.1) is 0 Å². The van der Waals surface area contributed by atoms with Crippen LogP contribution in [0.3, 0.4) is 0 Å². The third-order valence-electron chi connectivity index (χ3n) is 6.74. The zero-order chi connectivity index (χ0) is 25.2. The van der Waals surface area contributed by atoms with Gasteiger partial charge in [0, 0.05) is 61.8 Å². The molecule has 1 saturated heterocycles. The normalized spacial score (nSPS) is 15.9. The van der Waals surface area contributed by atoms with E-state index in [-0.39, 0.29) is 17.5 Å². The van der Waals surface area contributed by atoms with Crippen LogP contribution < -0.4 is 10.2 Å². The van der Waals surface area contributed by atoms with Crippen LogP contribution in [0.25, 0.3) is 16.8 Å². The summed E-state index contributed by atoms with van der Waals surface area (Å²) in [6.07, 6.45) is 1.02. The summed E-state index contributed by atoms with van der Waals surface area (Å²) in [6.45, 7) is 1.16. The number of nitrogens with one attached hydrogen (secondary N) is 1. The fraction of sp³-hybridized carbons (Fsp3) is 0.286. The number of fused-ring (bicyclic) bond motifs is 1. The van der Waals surface area contributed by atoms with Crippen molar-refractivity contribution in [1.29, 1.82) is 0 Å². The minimum Gasteiger partial charge on any atom is -0.378 e. The molecule has 0 unspecified atom stereocenters. The van der Waals surface area contributed by atoms with E-state index >= 15 is 0 Å². The molecule has 1 aliphatic heterocycles. The quantitative estimate of drug-likeness (QED) is 0.352. The molecule has 0 radical (unpaired) electrons. The topological polar surface area (TPSA) is 52.9 Å². The summed E-state index contributed by atoms with van der Waals surface area (Å²) in [7, 11) is 3.94. The zero-order valence-corrected chi connectivity index (χ0v) is 20.4. The predicted octanol–water partition coefficient (Wildman–Crippen LogP) is 6.42. The number of alkyl halides is 2. The molecule has 1 N–H and O–H groups in total. The number of carbonyl (C=O) groups excluding carboxylic acids is 1. The molecule has 0 spiro atoms. The smallest absolute Gasteiger partial charge is 0.321 e. The van der Waals surface area contributed by atoms with Crippen molar-refractivity contribution in [2.24, 2.45) is 0 Å². The maximum Gasteiger partial charge on any atom is 0.321 e. The van der Waals surface area contributed by atoms with Gasteiger partial charge in [0.05, 0.1) is 11.2 Å². The largest absolute Gasteiger partial charge is 0.378 e. The molecule has 3 heterocycles. The number of halogens is 2. The average molecular weight is 490 g/mol. The molecule has 6 nitrogen and oxygen atoms in total. The first-order chi connectivity index (χ1) is 17.4. The lowest BCUT2D eigenvalue weighted by Crippen LogP contribution is -2.42. The van der Waals surface area contributed by atoms with Gasteiger partial charge in [0.1, 0.15) is 5.82 Å². The van der Waals surface area contributed by atoms with Crippen molar-refractivity contribution in [1.82, 2.24) is 14.3 Å². The molecule has 186 valence electrons. The highest BCUT2D eigenvalue weighted by Crippen LogP contribution is 2.36. The Hall–Kier alpha value is -3.94. The Kier molecular flexibility index (Phi) is 6.59. The maximum atomic E-state index is 13.8. The van der Waals surface area contributed by atoms with E-state index in [1.54, 1.807) is 18.2 Å². The van der Waals surface area contributed by atoms with Crippen molar-refractivity contribution < 1.29 is 13.6 Å². The Morgan fingerprint density at radius 3 is 2.56 bits per heavy atom. The van der Waals surface area contributed by atoms with E-state index in [2.05, 4.69) is 5.32 Å². The van der Waals surface area contributed by atoms with E-state index in [1.807, 2.05) is 77.0 Å². The number of nitrogens with zero attached hydrogens (tertiary/aromatic N) is 4. The van der Waals surface area contributed by atoms with Crippen molar-refractivity contribution in [2.75, 3.05) is 37.4 Å². The van der Waals surface area contributed by atoms with Crippen LogP contribution in [0.1, 0.15) is 36.6 Å². The zero-order valence-electron chi connectivity index (χ0n) is 20.4. The highest BCUT2D eigenvalue weighted by Gasteiger charge is 2.29. The molecule has 2 amide bonds. The van der Waals surface area contributed by atoms with Crippen molar-refractivity contribution in [3.63, 3.8) is 0 Å². The van der Waals surface area contributed by atoms with E-state index < -0.39 is 6.43 Å². The molecule has 0 saturated carbocycles. The highest BCUT2D eigenvalue weighted by molar-refractivity contribution is 5.89. The van der Waals surface area contributed by atoms with Crippen molar-refractivity contribution in [2.45, 2.75) is 25.2 Å². The summed E-state index contributed by atoms with van der Waals surface area (Å²) < 4.78 is 29.5. The molecule has 1 atom stereocenters. The van der Waals surface area contributed by atoms with Crippen molar-refractivity contribution in [3.8, 4) is 11.3 Å². The molecular formula is C28H29F2N5O. The van der Waals surface area contributed by atoms with E-state index in [0.29, 0.717) is 24.3 Å². The maximum absolute atomic E-state index is 13.8. The van der Waals surface area contributed by atoms with Crippen LogP contribution in [-0.4, -0.2) is 47.5 Å². The average Bonchev–Trinajstić information content (AvgIpc) is 3.29. The second-order valence-corrected chi connectivity index (χ2v) is 9.32. The number of rotatable bonds is 5. The summed E-state index contributed by atoms with van der Waals surface area (Å²) >= 11 is 0. The van der Waals surface area contributed by atoms with Crippen LogP contribution in [0.5, 0.6) is 0 Å². The fourth-order valence-corrected chi connectivity index (χ4v) is 4.87. The summed E-state index contributed by atoms with van der Waals surface area (Å²) in [6, 6.07) is 19.8.